The van der Waals surface area contributed by atoms with E-state index in [-0.39, 0.29) is 29.9 Å². The molecule has 26 heavy (non-hydrogen) atoms. The van der Waals surface area contributed by atoms with Crippen molar-refractivity contribution in [2.75, 3.05) is 21.1 Å². The van der Waals surface area contributed by atoms with Gasteiger partial charge in [0, 0.05) is 44.3 Å². The summed E-state index contributed by atoms with van der Waals surface area (Å²) >= 11 is 1.71. The predicted molar refractivity (Wildman–Crippen MR) is 118 cm³/mol. The van der Waals surface area contributed by atoms with Crippen LogP contribution in [0.15, 0.2) is 35.5 Å². The fourth-order valence-corrected chi connectivity index (χ4v) is 2.98. The molecule has 1 heterocycles. The first-order valence-corrected chi connectivity index (χ1v) is 9.03. The van der Waals surface area contributed by atoms with E-state index >= 15 is 0 Å². The number of aliphatic imine (C=N–C) groups is 1. The minimum Gasteiger partial charge on any atom is -0.352 e. The van der Waals surface area contributed by atoms with Crippen LogP contribution in [0.4, 0.5) is 0 Å². The van der Waals surface area contributed by atoms with Crippen LogP contribution in [-0.4, -0.2) is 42.9 Å². The lowest BCUT2D eigenvalue weighted by molar-refractivity contribution is 0.0827. The largest absolute Gasteiger partial charge is 0.352 e. The average Bonchev–Trinajstić information content (AvgIpc) is 3.09. The third-order valence-electron chi connectivity index (χ3n) is 3.65. The van der Waals surface area contributed by atoms with Gasteiger partial charge in [-0.3, -0.25) is 9.79 Å². The second-order valence-corrected chi connectivity index (χ2v) is 6.95. The third kappa shape index (κ3) is 6.56. The molecule has 0 saturated heterocycles. The zero-order chi connectivity index (χ0) is 18.2. The molecule has 8 heteroatoms. The van der Waals surface area contributed by atoms with Gasteiger partial charge in [-0.1, -0.05) is 19.1 Å². The number of halogens is 1. The lowest BCUT2D eigenvalue weighted by Crippen LogP contribution is -2.36. The van der Waals surface area contributed by atoms with Gasteiger partial charge in [0.25, 0.3) is 5.91 Å². The smallest absolute Gasteiger partial charge is 0.253 e. The molecule has 1 aromatic carbocycles. The summed E-state index contributed by atoms with van der Waals surface area (Å²) in [5, 5.41) is 7.58. The molecule has 0 aliphatic heterocycles. The van der Waals surface area contributed by atoms with Crippen LogP contribution in [0.2, 0.25) is 0 Å². The first-order valence-electron chi connectivity index (χ1n) is 8.22. The van der Waals surface area contributed by atoms with Gasteiger partial charge in [0.2, 0.25) is 0 Å². The summed E-state index contributed by atoms with van der Waals surface area (Å²) < 4.78 is 0. The molecule has 2 N–H and O–H groups in total. The van der Waals surface area contributed by atoms with Crippen molar-refractivity contribution < 1.29 is 4.79 Å². The number of amides is 1. The Bertz CT molecular complexity index is 727. The molecule has 0 saturated carbocycles. The molecule has 0 atom stereocenters. The molecule has 0 unspecified atom stereocenters. The van der Waals surface area contributed by atoms with Gasteiger partial charge < -0.3 is 15.5 Å². The van der Waals surface area contributed by atoms with Crippen molar-refractivity contribution in [2.45, 2.75) is 26.4 Å². The number of nitrogens with one attached hydrogen (secondary N) is 2. The van der Waals surface area contributed by atoms with Crippen LogP contribution in [0, 0.1) is 0 Å². The highest BCUT2D eigenvalue weighted by Crippen LogP contribution is 2.12. The van der Waals surface area contributed by atoms with Crippen molar-refractivity contribution in [3.63, 3.8) is 0 Å². The summed E-state index contributed by atoms with van der Waals surface area (Å²) in [7, 11) is 5.24. The molecule has 0 fully saturated rings. The Morgan fingerprint density at radius 3 is 2.38 bits per heavy atom. The number of carbonyl (C=O) groups is 1. The number of hydrogen-bond donors (Lipinski definition) is 2. The van der Waals surface area contributed by atoms with Gasteiger partial charge in [-0.2, -0.15) is 0 Å². The Labute approximate surface area is 176 Å². The van der Waals surface area contributed by atoms with Crippen LogP contribution in [0.25, 0.3) is 0 Å². The highest BCUT2D eigenvalue weighted by atomic mass is 127. The quantitative estimate of drug-likeness (QED) is 0.374. The maximum atomic E-state index is 11.9. The van der Waals surface area contributed by atoms with Crippen LogP contribution in [-0.2, 0) is 19.5 Å². The monoisotopic (exact) mass is 487 g/mol. The Morgan fingerprint density at radius 1 is 1.19 bits per heavy atom. The Hall–Kier alpha value is -1.68. The van der Waals surface area contributed by atoms with Crippen molar-refractivity contribution >= 4 is 47.2 Å². The summed E-state index contributed by atoms with van der Waals surface area (Å²) in [4.78, 5) is 23.4. The number of guanidine groups is 1. The van der Waals surface area contributed by atoms with Crippen molar-refractivity contribution in [1.82, 2.24) is 20.5 Å². The first-order chi connectivity index (χ1) is 12.0. The van der Waals surface area contributed by atoms with Gasteiger partial charge in [-0.15, -0.1) is 35.3 Å². The standard InChI is InChI=1S/C18H25N5OS.HI/c1-5-15-11-20-16(25-15)12-22-18(19-2)21-10-13-6-8-14(9-7-13)17(24)23(3)4;/h6-9,11H,5,10,12H2,1-4H3,(H2,19,21,22);1H. The van der Waals surface area contributed by atoms with Gasteiger partial charge in [0.1, 0.15) is 5.01 Å². The molecule has 1 aromatic heterocycles. The number of aryl methyl sites for hydroxylation is 1. The van der Waals surface area contributed by atoms with E-state index in [0.717, 1.165) is 23.0 Å². The van der Waals surface area contributed by atoms with Gasteiger partial charge >= 0.3 is 0 Å². The molecular weight excluding hydrogens is 461 g/mol. The maximum absolute atomic E-state index is 11.9. The van der Waals surface area contributed by atoms with E-state index in [9.17, 15) is 4.79 Å². The van der Waals surface area contributed by atoms with Crippen LogP contribution in [0.3, 0.4) is 0 Å². The summed E-state index contributed by atoms with van der Waals surface area (Å²) in [6.07, 6.45) is 2.94. The van der Waals surface area contributed by atoms with Crippen LogP contribution >= 0.6 is 35.3 Å². The van der Waals surface area contributed by atoms with E-state index in [0.29, 0.717) is 18.7 Å². The Kier molecular flexibility index (Phi) is 9.57. The molecule has 6 nitrogen and oxygen atoms in total. The Balaban J connectivity index is 0.00000338. The van der Waals surface area contributed by atoms with E-state index in [1.165, 1.54) is 4.88 Å². The number of nitrogens with zero attached hydrogens (tertiary/aromatic N) is 3. The number of benzene rings is 1. The van der Waals surface area contributed by atoms with E-state index in [1.807, 2.05) is 30.5 Å². The third-order valence-corrected chi connectivity index (χ3v) is 4.79. The van der Waals surface area contributed by atoms with Gasteiger partial charge in [0.05, 0.1) is 6.54 Å². The van der Waals surface area contributed by atoms with Crippen LogP contribution in [0.5, 0.6) is 0 Å². The molecular formula is C18H26IN5OS. The lowest BCUT2D eigenvalue weighted by atomic mass is 10.1. The minimum atomic E-state index is 0. The number of thiazole rings is 1. The van der Waals surface area contributed by atoms with Crippen molar-refractivity contribution in [3.8, 4) is 0 Å². The topological polar surface area (TPSA) is 69.6 Å². The fraction of sp³-hybridized carbons (Fsp3) is 0.389. The highest BCUT2D eigenvalue weighted by Gasteiger charge is 2.07. The molecule has 0 bridgehead atoms. The van der Waals surface area contributed by atoms with E-state index < -0.39 is 0 Å². The van der Waals surface area contributed by atoms with Gasteiger partial charge in [-0.05, 0) is 24.1 Å². The van der Waals surface area contributed by atoms with Crippen molar-refractivity contribution in [1.29, 1.82) is 0 Å². The Morgan fingerprint density at radius 2 is 1.85 bits per heavy atom. The molecule has 0 aliphatic carbocycles. The number of aromatic nitrogens is 1. The van der Waals surface area contributed by atoms with Crippen LogP contribution < -0.4 is 10.6 Å². The van der Waals surface area contributed by atoms with E-state index in [4.69, 9.17) is 0 Å². The van der Waals surface area contributed by atoms with E-state index in [1.54, 1.807) is 37.4 Å². The molecule has 0 aliphatic rings. The highest BCUT2D eigenvalue weighted by molar-refractivity contribution is 14.0. The summed E-state index contributed by atoms with van der Waals surface area (Å²) in [6, 6.07) is 7.59. The minimum absolute atomic E-state index is 0. The average molecular weight is 487 g/mol. The molecule has 2 aromatic rings. The predicted octanol–water partition coefficient (Wildman–Crippen LogP) is 2.89. The SMILES string of the molecule is CCc1cnc(CNC(=NC)NCc2ccc(C(=O)N(C)C)cc2)s1.I. The van der Waals surface area contributed by atoms with E-state index in [2.05, 4.69) is 27.5 Å². The van der Waals surface area contributed by atoms with Crippen molar-refractivity contribution in [3.05, 3.63) is 51.5 Å². The summed E-state index contributed by atoms with van der Waals surface area (Å²) in [6.45, 7) is 3.41. The fourth-order valence-electron chi connectivity index (χ4n) is 2.18. The summed E-state index contributed by atoms with van der Waals surface area (Å²) in [5.41, 5.74) is 1.77. The molecule has 2 rings (SSSR count). The second-order valence-electron chi connectivity index (χ2n) is 5.75. The number of rotatable bonds is 6. The maximum Gasteiger partial charge on any atom is 0.253 e. The molecule has 0 spiro atoms. The van der Waals surface area contributed by atoms with Crippen molar-refractivity contribution in [2.24, 2.45) is 4.99 Å². The van der Waals surface area contributed by atoms with Crippen LogP contribution in [0.1, 0.15) is 32.7 Å². The van der Waals surface area contributed by atoms with Gasteiger partial charge in [-0.25, -0.2) is 4.98 Å². The zero-order valence-electron chi connectivity index (χ0n) is 15.6. The summed E-state index contributed by atoms with van der Waals surface area (Å²) in [5.74, 6) is 0.730. The second kappa shape index (κ2) is 11.1. The normalized spacial score (nSPS) is 10.8. The first kappa shape index (κ1) is 22.4. The van der Waals surface area contributed by atoms with Gasteiger partial charge in [0.15, 0.2) is 5.96 Å². The lowest BCUT2D eigenvalue weighted by Gasteiger charge is -2.12. The molecule has 142 valence electrons. The molecule has 1 amide bonds. The molecule has 0 radical (unpaired) electrons. The number of carbonyl (C=O) groups excluding carboxylic acids is 1. The number of hydrogen-bond acceptors (Lipinski definition) is 4. The zero-order valence-corrected chi connectivity index (χ0v) is 18.7.